The summed E-state index contributed by atoms with van der Waals surface area (Å²) in [6.07, 6.45) is 1.60. The first-order valence-electron chi connectivity index (χ1n) is 6.31. The molecule has 5 heteroatoms. The number of benzene rings is 1. The molecule has 0 saturated heterocycles. The van der Waals surface area contributed by atoms with Crippen LogP contribution in [-0.2, 0) is 6.54 Å². The zero-order chi connectivity index (χ0) is 14.4. The van der Waals surface area contributed by atoms with Gasteiger partial charge in [0.2, 0.25) is 5.88 Å². The van der Waals surface area contributed by atoms with E-state index in [0.29, 0.717) is 29.6 Å². The molecule has 4 nitrogen and oxygen atoms in total. The lowest BCUT2D eigenvalue weighted by Crippen LogP contribution is -2.23. The van der Waals surface area contributed by atoms with Crippen molar-refractivity contribution < 1.29 is 9.53 Å². The summed E-state index contributed by atoms with van der Waals surface area (Å²) >= 11 is 5.90. The number of nitrogens with one attached hydrogen (secondary N) is 1. The molecule has 0 atom stereocenters. The van der Waals surface area contributed by atoms with Crippen LogP contribution >= 0.6 is 11.6 Å². The second-order valence-electron chi connectivity index (χ2n) is 4.10. The molecule has 1 aromatic heterocycles. The van der Waals surface area contributed by atoms with Crippen LogP contribution in [0.3, 0.4) is 0 Å². The third-order valence-corrected chi connectivity index (χ3v) is 2.87. The number of carbonyl (C=O) groups excluding carboxylic acids is 1. The van der Waals surface area contributed by atoms with E-state index < -0.39 is 0 Å². The first-order chi connectivity index (χ1) is 9.70. The Morgan fingerprint density at radius 2 is 2.20 bits per heavy atom. The van der Waals surface area contributed by atoms with E-state index in [4.69, 9.17) is 16.3 Å². The van der Waals surface area contributed by atoms with Gasteiger partial charge >= 0.3 is 0 Å². The lowest BCUT2D eigenvalue weighted by Gasteiger charge is -2.09. The Hall–Kier alpha value is -2.07. The fraction of sp³-hybridized carbons (Fsp3) is 0.200. The number of pyridine rings is 1. The number of aromatic nitrogens is 1. The highest BCUT2D eigenvalue weighted by Gasteiger charge is 2.12. The molecule has 2 rings (SSSR count). The third kappa shape index (κ3) is 3.71. The fourth-order valence-corrected chi connectivity index (χ4v) is 1.95. The molecule has 0 bridgehead atoms. The molecule has 0 fully saturated rings. The summed E-state index contributed by atoms with van der Waals surface area (Å²) in [4.78, 5) is 16.2. The minimum absolute atomic E-state index is 0.221. The van der Waals surface area contributed by atoms with Gasteiger partial charge in [0.25, 0.3) is 5.91 Å². The first kappa shape index (κ1) is 14.3. The summed E-state index contributed by atoms with van der Waals surface area (Å²) in [6, 6.07) is 10.7. The lowest BCUT2D eigenvalue weighted by atomic mass is 10.2. The average Bonchev–Trinajstić information content (AvgIpc) is 2.46. The highest BCUT2D eigenvalue weighted by molar-refractivity contribution is 6.30. The molecule has 0 spiro atoms. The first-order valence-corrected chi connectivity index (χ1v) is 6.69. The summed E-state index contributed by atoms with van der Waals surface area (Å²) in [5.41, 5.74) is 1.36. The van der Waals surface area contributed by atoms with Crippen LogP contribution in [0, 0.1) is 0 Å². The summed E-state index contributed by atoms with van der Waals surface area (Å²) in [6.45, 7) is 2.72. The highest BCUT2D eigenvalue weighted by Crippen LogP contribution is 2.15. The van der Waals surface area contributed by atoms with Crippen molar-refractivity contribution in [2.45, 2.75) is 13.5 Å². The maximum absolute atomic E-state index is 12.1. The summed E-state index contributed by atoms with van der Waals surface area (Å²) in [7, 11) is 0. The molecule has 1 aromatic carbocycles. The van der Waals surface area contributed by atoms with Crippen LogP contribution in [0.1, 0.15) is 22.8 Å². The van der Waals surface area contributed by atoms with Gasteiger partial charge in [0.1, 0.15) is 5.56 Å². The Bertz CT molecular complexity index is 602. The van der Waals surface area contributed by atoms with Gasteiger partial charge in [0, 0.05) is 17.8 Å². The molecule has 0 unspecified atom stereocenters. The van der Waals surface area contributed by atoms with Crippen molar-refractivity contribution in [2.75, 3.05) is 6.61 Å². The predicted molar refractivity (Wildman–Crippen MR) is 78.0 cm³/mol. The van der Waals surface area contributed by atoms with Crippen LogP contribution < -0.4 is 10.1 Å². The number of halogens is 1. The maximum atomic E-state index is 12.1. The third-order valence-electron chi connectivity index (χ3n) is 2.64. The topological polar surface area (TPSA) is 51.2 Å². The van der Waals surface area contributed by atoms with Crippen LogP contribution in [0.2, 0.25) is 5.02 Å². The van der Waals surface area contributed by atoms with Crippen molar-refractivity contribution in [1.29, 1.82) is 0 Å². The number of carbonyl (C=O) groups is 1. The van der Waals surface area contributed by atoms with E-state index in [0.717, 1.165) is 5.56 Å². The molecular weight excluding hydrogens is 276 g/mol. The Kier molecular flexibility index (Phi) is 4.96. The number of amides is 1. The van der Waals surface area contributed by atoms with Gasteiger partial charge < -0.3 is 10.1 Å². The molecule has 1 amide bonds. The predicted octanol–water partition coefficient (Wildman–Crippen LogP) is 3.06. The van der Waals surface area contributed by atoms with Gasteiger partial charge in [-0.15, -0.1) is 0 Å². The zero-order valence-corrected chi connectivity index (χ0v) is 11.9. The lowest BCUT2D eigenvalue weighted by molar-refractivity contribution is 0.0946. The Morgan fingerprint density at radius 1 is 1.35 bits per heavy atom. The molecule has 104 valence electrons. The van der Waals surface area contributed by atoms with E-state index in [1.807, 2.05) is 25.1 Å². The molecule has 0 saturated carbocycles. The van der Waals surface area contributed by atoms with Crippen LogP contribution in [-0.4, -0.2) is 17.5 Å². The van der Waals surface area contributed by atoms with Crippen LogP contribution in [0.25, 0.3) is 0 Å². The van der Waals surface area contributed by atoms with Gasteiger partial charge in [0.15, 0.2) is 0 Å². The second-order valence-corrected chi connectivity index (χ2v) is 4.54. The molecule has 0 aliphatic rings. The molecule has 1 heterocycles. The molecular formula is C15H15ClN2O2. The minimum atomic E-state index is -0.221. The van der Waals surface area contributed by atoms with Crippen molar-refractivity contribution in [3.05, 3.63) is 58.7 Å². The summed E-state index contributed by atoms with van der Waals surface area (Å²) in [5.74, 6) is 0.125. The largest absolute Gasteiger partial charge is 0.477 e. The Balaban J connectivity index is 2.05. The van der Waals surface area contributed by atoms with Gasteiger partial charge in [-0.2, -0.15) is 0 Å². The number of nitrogens with zero attached hydrogens (tertiary/aromatic N) is 1. The second kappa shape index (κ2) is 6.91. The van der Waals surface area contributed by atoms with Crippen LogP contribution in [0.15, 0.2) is 42.6 Å². The smallest absolute Gasteiger partial charge is 0.257 e. The monoisotopic (exact) mass is 290 g/mol. The average molecular weight is 291 g/mol. The van der Waals surface area contributed by atoms with Crippen molar-refractivity contribution in [3.8, 4) is 5.88 Å². The van der Waals surface area contributed by atoms with Gasteiger partial charge in [-0.05, 0) is 36.8 Å². The molecule has 0 aliphatic heterocycles. The van der Waals surface area contributed by atoms with Gasteiger partial charge in [-0.25, -0.2) is 4.98 Å². The SMILES string of the molecule is CCOc1ncccc1C(=O)NCc1cccc(Cl)c1. The van der Waals surface area contributed by atoms with Gasteiger partial charge in [0.05, 0.1) is 6.61 Å². The van der Waals surface area contributed by atoms with E-state index in [1.54, 1.807) is 24.4 Å². The standard InChI is InChI=1S/C15H15ClN2O2/c1-2-20-15-13(7-4-8-17-15)14(19)18-10-11-5-3-6-12(16)9-11/h3-9H,2,10H2,1H3,(H,18,19). The van der Waals surface area contributed by atoms with E-state index in [2.05, 4.69) is 10.3 Å². The Labute approximate surface area is 122 Å². The van der Waals surface area contributed by atoms with Crippen molar-refractivity contribution >= 4 is 17.5 Å². The molecule has 0 radical (unpaired) electrons. The van der Waals surface area contributed by atoms with E-state index >= 15 is 0 Å². The molecule has 20 heavy (non-hydrogen) atoms. The minimum Gasteiger partial charge on any atom is -0.477 e. The number of hydrogen-bond donors (Lipinski definition) is 1. The summed E-state index contributed by atoms with van der Waals surface area (Å²) in [5, 5.41) is 3.47. The Morgan fingerprint density at radius 3 is 2.95 bits per heavy atom. The molecule has 0 aliphatic carbocycles. The normalized spacial score (nSPS) is 10.1. The van der Waals surface area contributed by atoms with E-state index in [9.17, 15) is 4.79 Å². The van der Waals surface area contributed by atoms with Crippen LogP contribution in [0.4, 0.5) is 0 Å². The van der Waals surface area contributed by atoms with Crippen molar-refractivity contribution in [3.63, 3.8) is 0 Å². The van der Waals surface area contributed by atoms with Gasteiger partial charge in [-0.1, -0.05) is 23.7 Å². The quantitative estimate of drug-likeness (QED) is 0.921. The highest BCUT2D eigenvalue weighted by atomic mass is 35.5. The van der Waals surface area contributed by atoms with Crippen molar-refractivity contribution in [1.82, 2.24) is 10.3 Å². The molecule has 1 N–H and O–H groups in total. The van der Waals surface area contributed by atoms with Crippen molar-refractivity contribution in [2.24, 2.45) is 0 Å². The fourth-order valence-electron chi connectivity index (χ4n) is 1.74. The van der Waals surface area contributed by atoms with E-state index in [-0.39, 0.29) is 5.91 Å². The van der Waals surface area contributed by atoms with Gasteiger partial charge in [-0.3, -0.25) is 4.79 Å². The number of hydrogen-bond acceptors (Lipinski definition) is 3. The van der Waals surface area contributed by atoms with Crippen LogP contribution in [0.5, 0.6) is 5.88 Å². The van der Waals surface area contributed by atoms with E-state index in [1.165, 1.54) is 0 Å². The zero-order valence-electron chi connectivity index (χ0n) is 11.1. The number of rotatable bonds is 5. The number of ether oxygens (including phenoxy) is 1. The molecule has 2 aromatic rings. The maximum Gasteiger partial charge on any atom is 0.257 e. The summed E-state index contributed by atoms with van der Waals surface area (Å²) < 4.78 is 5.34.